The SMILES string of the molecule is C=C[C@H]1OC(C)(C)O[C@@H]1CO. The van der Waals surface area contributed by atoms with Gasteiger partial charge in [0.15, 0.2) is 5.79 Å². The van der Waals surface area contributed by atoms with Crippen LogP contribution >= 0.6 is 0 Å². The minimum atomic E-state index is -0.591. The highest BCUT2D eigenvalue weighted by molar-refractivity contribution is 4.92. The molecule has 1 aliphatic rings. The summed E-state index contributed by atoms with van der Waals surface area (Å²) in [5, 5.41) is 8.85. The van der Waals surface area contributed by atoms with Crippen molar-refractivity contribution in [2.45, 2.75) is 31.8 Å². The van der Waals surface area contributed by atoms with E-state index >= 15 is 0 Å². The molecule has 0 saturated carbocycles. The average molecular weight is 158 g/mol. The molecule has 1 rings (SSSR count). The fourth-order valence-electron chi connectivity index (χ4n) is 1.20. The second-order valence-electron chi connectivity index (χ2n) is 3.06. The second kappa shape index (κ2) is 2.93. The van der Waals surface area contributed by atoms with E-state index in [0.717, 1.165) is 0 Å². The lowest BCUT2D eigenvalue weighted by atomic mass is 10.2. The Hall–Kier alpha value is -0.380. The molecule has 0 bridgehead atoms. The van der Waals surface area contributed by atoms with Gasteiger partial charge in [-0.25, -0.2) is 0 Å². The van der Waals surface area contributed by atoms with Gasteiger partial charge in [-0.3, -0.25) is 0 Å². The molecule has 1 N–H and O–H groups in total. The van der Waals surface area contributed by atoms with E-state index in [2.05, 4.69) is 6.58 Å². The van der Waals surface area contributed by atoms with Gasteiger partial charge in [0.05, 0.1) is 6.61 Å². The molecule has 1 heterocycles. The second-order valence-corrected chi connectivity index (χ2v) is 3.06. The maximum atomic E-state index is 8.85. The number of ether oxygens (including phenoxy) is 2. The first-order valence-corrected chi connectivity index (χ1v) is 3.68. The molecule has 1 aliphatic heterocycles. The highest BCUT2D eigenvalue weighted by Gasteiger charge is 2.38. The quantitative estimate of drug-likeness (QED) is 0.601. The van der Waals surface area contributed by atoms with Crippen LogP contribution in [0, 0.1) is 0 Å². The first-order valence-electron chi connectivity index (χ1n) is 3.68. The van der Waals surface area contributed by atoms with Crippen LogP contribution in [0.2, 0.25) is 0 Å². The fourth-order valence-corrected chi connectivity index (χ4v) is 1.20. The zero-order valence-electron chi connectivity index (χ0n) is 6.91. The van der Waals surface area contributed by atoms with E-state index in [1.807, 2.05) is 13.8 Å². The van der Waals surface area contributed by atoms with E-state index < -0.39 is 5.79 Å². The molecule has 3 heteroatoms. The van der Waals surface area contributed by atoms with Crippen molar-refractivity contribution in [3.63, 3.8) is 0 Å². The van der Waals surface area contributed by atoms with Gasteiger partial charge in [0.2, 0.25) is 0 Å². The summed E-state index contributed by atoms with van der Waals surface area (Å²) in [6.45, 7) is 7.20. The van der Waals surface area contributed by atoms with Gasteiger partial charge in [-0.1, -0.05) is 6.08 Å². The molecule has 0 amide bonds. The molecular weight excluding hydrogens is 144 g/mol. The Morgan fingerprint density at radius 3 is 2.55 bits per heavy atom. The van der Waals surface area contributed by atoms with Crippen molar-refractivity contribution >= 4 is 0 Å². The predicted octanol–water partition coefficient (Wildman–Crippen LogP) is 0.685. The van der Waals surface area contributed by atoms with E-state index in [1.165, 1.54) is 0 Å². The molecule has 0 aromatic rings. The summed E-state index contributed by atoms with van der Waals surface area (Å²) in [5.41, 5.74) is 0. The minimum Gasteiger partial charge on any atom is -0.394 e. The summed E-state index contributed by atoms with van der Waals surface area (Å²) in [6, 6.07) is 0. The third kappa shape index (κ3) is 1.80. The molecule has 0 unspecified atom stereocenters. The molecule has 0 aromatic carbocycles. The summed E-state index contributed by atoms with van der Waals surface area (Å²) in [6.07, 6.45) is 1.20. The predicted molar refractivity (Wildman–Crippen MR) is 41.1 cm³/mol. The van der Waals surface area contributed by atoms with Crippen LogP contribution in [0.5, 0.6) is 0 Å². The Morgan fingerprint density at radius 1 is 1.55 bits per heavy atom. The molecule has 2 atom stereocenters. The van der Waals surface area contributed by atoms with E-state index in [4.69, 9.17) is 14.6 Å². The van der Waals surface area contributed by atoms with Crippen molar-refractivity contribution in [1.82, 2.24) is 0 Å². The molecule has 0 spiro atoms. The van der Waals surface area contributed by atoms with Crippen molar-refractivity contribution in [3.05, 3.63) is 12.7 Å². The Kier molecular flexibility index (Phi) is 2.32. The summed E-state index contributed by atoms with van der Waals surface area (Å²) < 4.78 is 10.8. The first kappa shape index (κ1) is 8.71. The van der Waals surface area contributed by atoms with Crippen LogP contribution in [0.1, 0.15) is 13.8 Å². The van der Waals surface area contributed by atoms with Gasteiger partial charge >= 0.3 is 0 Å². The normalized spacial score (nSPS) is 35.5. The Balaban J connectivity index is 2.62. The Bertz CT molecular complexity index is 153. The smallest absolute Gasteiger partial charge is 0.164 e. The number of hydrogen-bond donors (Lipinski definition) is 1. The molecule has 0 aliphatic carbocycles. The highest BCUT2D eigenvalue weighted by Crippen LogP contribution is 2.27. The third-order valence-electron chi connectivity index (χ3n) is 1.63. The molecule has 0 radical (unpaired) electrons. The van der Waals surface area contributed by atoms with Crippen LogP contribution in [0.15, 0.2) is 12.7 Å². The van der Waals surface area contributed by atoms with Crippen molar-refractivity contribution < 1.29 is 14.6 Å². The van der Waals surface area contributed by atoms with Crippen LogP contribution in [0.3, 0.4) is 0 Å². The topological polar surface area (TPSA) is 38.7 Å². The van der Waals surface area contributed by atoms with Crippen LogP contribution in [-0.2, 0) is 9.47 Å². The van der Waals surface area contributed by atoms with Gasteiger partial charge in [-0.05, 0) is 13.8 Å². The number of aliphatic hydroxyl groups is 1. The first-order chi connectivity index (χ1) is 5.09. The fraction of sp³-hybridized carbons (Fsp3) is 0.750. The van der Waals surface area contributed by atoms with Gasteiger partial charge < -0.3 is 14.6 Å². The summed E-state index contributed by atoms with van der Waals surface area (Å²) in [7, 11) is 0. The molecule has 11 heavy (non-hydrogen) atoms. The molecule has 3 nitrogen and oxygen atoms in total. The summed E-state index contributed by atoms with van der Waals surface area (Å²) >= 11 is 0. The Morgan fingerprint density at radius 2 is 2.18 bits per heavy atom. The molecule has 1 saturated heterocycles. The number of hydrogen-bond acceptors (Lipinski definition) is 3. The maximum absolute atomic E-state index is 8.85. The monoisotopic (exact) mass is 158 g/mol. The van der Waals surface area contributed by atoms with Crippen LogP contribution in [0.4, 0.5) is 0 Å². The van der Waals surface area contributed by atoms with Crippen molar-refractivity contribution in [3.8, 4) is 0 Å². The third-order valence-corrected chi connectivity index (χ3v) is 1.63. The van der Waals surface area contributed by atoms with Crippen molar-refractivity contribution in [1.29, 1.82) is 0 Å². The van der Waals surface area contributed by atoms with Crippen LogP contribution in [-0.4, -0.2) is 29.7 Å². The Labute approximate surface area is 66.6 Å². The minimum absolute atomic E-state index is 0.0277. The summed E-state index contributed by atoms with van der Waals surface area (Å²) in [5.74, 6) is -0.591. The lowest BCUT2D eigenvalue weighted by Gasteiger charge is -2.15. The lowest BCUT2D eigenvalue weighted by Crippen LogP contribution is -2.24. The van der Waals surface area contributed by atoms with Gasteiger partial charge in [0.1, 0.15) is 12.2 Å². The van der Waals surface area contributed by atoms with Crippen LogP contribution < -0.4 is 0 Å². The maximum Gasteiger partial charge on any atom is 0.164 e. The molecule has 64 valence electrons. The van der Waals surface area contributed by atoms with Gasteiger partial charge in [-0.15, -0.1) is 6.58 Å². The standard InChI is InChI=1S/C8H14O3/c1-4-6-7(5-9)11-8(2,3)10-6/h4,6-7,9H,1,5H2,2-3H3/t6-,7-/m1/s1. The zero-order valence-corrected chi connectivity index (χ0v) is 6.91. The van der Waals surface area contributed by atoms with Gasteiger partial charge in [-0.2, -0.15) is 0 Å². The van der Waals surface area contributed by atoms with Crippen LogP contribution in [0.25, 0.3) is 0 Å². The van der Waals surface area contributed by atoms with E-state index in [0.29, 0.717) is 0 Å². The highest BCUT2D eigenvalue weighted by atomic mass is 16.8. The van der Waals surface area contributed by atoms with E-state index in [9.17, 15) is 0 Å². The zero-order chi connectivity index (χ0) is 8.48. The molecule has 1 fully saturated rings. The van der Waals surface area contributed by atoms with Crippen molar-refractivity contribution in [2.24, 2.45) is 0 Å². The lowest BCUT2D eigenvalue weighted by molar-refractivity contribution is -0.146. The van der Waals surface area contributed by atoms with Gasteiger partial charge in [0, 0.05) is 0 Å². The van der Waals surface area contributed by atoms with E-state index in [-0.39, 0.29) is 18.8 Å². The van der Waals surface area contributed by atoms with Crippen molar-refractivity contribution in [2.75, 3.05) is 6.61 Å². The van der Waals surface area contributed by atoms with Gasteiger partial charge in [0.25, 0.3) is 0 Å². The average Bonchev–Trinajstić information content (AvgIpc) is 2.25. The number of aliphatic hydroxyl groups excluding tert-OH is 1. The summed E-state index contributed by atoms with van der Waals surface area (Å²) in [4.78, 5) is 0. The van der Waals surface area contributed by atoms with E-state index in [1.54, 1.807) is 6.08 Å². The largest absolute Gasteiger partial charge is 0.394 e. The molecule has 0 aromatic heterocycles. The number of rotatable bonds is 2. The molecular formula is C8H14O3.